The highest BCUT2D eigenvalue weighted by atomic mass is 35.5. The third-order valence-electron chi connectivity index (χ3n) is 1.91. The average Bonchev–Trinajstić information content (AvgIpc) is 2.58. The zero-order valence-corrected chi connectivity index (χ0v) is 9.27. The number of aryl methyl sites for hydroxylation is 1. The van der Waals surface area contributed by atoms with Gasteiger partial charge in [0.05, 0.1) is 0 Å². The molecule has 5 nitrogen and oxygen atoms in total. The summed E-state index contributed by atoms with van der Waals surface area (Å²) >= 11 is 5.72. The number of hydrogen-bond donors (Lipinski definition) is 0. The van der Waals surface area contributed by atoms with Crippen LogP contribution < -0.4 is 10.5 Å². The van der Waals surface area contributed by atoms with Gasteiger partial charge in [-0.3, -0.25) is 0 Å². The van der Waals surface area contributed by atoms with Gasteiger partial charge in [-0.2, -0.15) is 4.68 Å². The van der Waals surface area contributed by atoms with Gasteiger partial charge in [-0.1, -0.05) is 11.6 Å². The Morgan fingerprint density at radius 2 is 2.12 bits per heavy atom. The van der Waals surface area contributed by atoms with Crippen molar-refractivity contribution >= 4 is 11.6 Å². The lowest BCUT2D eigenvalue weighted by atomic mass is 10.3. The van der Waals surface area contributed by atoms with Crippen LogP contribution in [0, 0.1) is 0 Å². The Labute approximate surface area is 96.2 Å². The lowest BCUT2D eigenvalue weighted by Crippen LogP contribution is -2.09. The predicted octanol–water partition coefficient (Wildman–Crippen LogP) is 1.61. The van der Waals surface area contributed by atoms with Gasteiger partial charge in [-0.05, 0) is 24.3 Å². The standard InChI is InChI=1S/C10H9ClN2O3/c1-13-10(14)16-9(12-13)6-15-8-4-2-7(11)3-5-8/h2-5H,6H2,1H3. The quantitative estimate of drug-likeness (QED) is 0.818. The molecule has 0 amide bonds. The number of halogens is 1. The summed E-state index contributed by atoms with van der Waals surface area (Å²) < 4.78 is 11.3. The second-order valence-corrected chi connectivity index (χ2v) is 3.56. The molecule has 0 aliphatic heterocycles. The fraction of sp³-hybridized carbons (Fsp3) is 0.200. The summed E-state index contributed by atoms with van der Waals surface area (Å²) in [4.78, 5) is 11.0. The van der Waals surface area contributed by atoms with Crippen molar-refractivity contribution in [3.05, 3.63) is 45.7 Å². The Bertz CT molecular complexity index is 530. The number of benzene rings is 1. The molecule has 0 bridgehead atoms. The normalized spacial score (nSPS) is 10.4. The molecule has 0 atom stereocenters. The van der Waals surface area contributed by atoms with Crippen LogP contribution in [0.5, 0.6) is 5.75 Å². The smallest absolute Gasteiger partial charge is 0.436 e. The van der Waals surface area contributed by atoms with Gasteiger partial charge in [0.15, 0.2) is 6.61 Å². The summed E-state index contributed by atoms with van der Waals surface area (Å²) in [6.07, 6.45) is 0. The minimum absolute atomic E-state index is 0.109. The molecule has 16 heavy (non-hydrogen) atoms. The number of nitrogens with zero attached hydrogens (tertiary/aromatic N) is 2. The molecular formula is C10H9ClN2O3. The number of rotatable bonds is 3. The molecule has 0 aliphatic rings. The largest absolute Gasteiger partial charge is 0.484 e. The lowest BCUT2D eigenvalue weighted by Gasteiger charge is -2.02. The van der Waals surface area contributed by atoms with Crippen molar-refractivity contribution in [1.29, 1.82) is 0 Å². The Balaban J connectivity index is 2.02. The predicted molar refractivity (Wildman–Crippen MR) is 57.5 cm³/mol. The van der Waals surface area contributed by atoms with Gasteiger partial charge in [-0.15, -0.1) is 5.10 Å². The minimum atomic E-state index is -0.505. The molecule has 6 heteroatoms. The highest BCUT2D eigenvalue weighted by Gasteiger charge is 2.05. The summed E-state index contributed by atoms with van der Waals surface area (Å²) in [6, 6.07) is 6.88. The Kier molecular flexibility index (Phi) is 2.96. The van der Waals surface area contributed by atoms with Crippen molar-refractivity contribution in [2.45, 2.75) is 6.61 Å². The Hall–Kier alpha value is -1.75. The first-order chi connectivity index (χ1) is 7.65. The molecule has 84 valence electrons. The molecule has 2 rings (SSSR count). The summed E-state index contributed by atoms with van der Waals surface area (Å²) in [5.41, 5.74) is 0. The van der Waals surface area contributed by atoms with Crippen LogP contribution in [0.1, 0.15) is 5.89 Å². The highest BCUT2D eigenvalue weighted by Crippen LogP contribution is 2.16. The molecule has 0 radical (unpaired) electrons. The fourth-order valence-corrected chi connectivity index (χ4v) is 1.26. The fourth-order valence-electron chi connectivity index (χ4n) is 1.13. The molecule has 0 spiro atoms. The van der Waals surface area contributed by atoms with Gasteiger partial charge in [0.2, 0.25) is 0 Å². The van der Waals surface area contributed by atoms with E-state index in [1.807, 2.05) is 0 Å². The Morgan fingerprint density at radius 3 is 2.69 bits per heavy atom. The lowest BCUT2D eigenvalue weighted by molar-refractivity contribution is 0.259. The summed E-state index contributed by atoms with van der Waals surface area (Å²) in [5, 5.41) is 4.47. The molecule has 1 aromatic heterocycles. The maximum absolute atomic E-state index is 11.0. The maximum atomic E-state index is 11.0. The van der Waals surface area contributed by atoms with E-state index in [-0.39, 0.29) is 12.5 Å². The van der Waals surface area contributed by atoms with Crippen LogP contribution in [0.2, 0.25) is 5.02 Å². The highest BCUT2D eigenvalue weighted by molar-refractivity contribution is 6.30. The van der Waals surface area contributed by atoms with Crippen molar-refractivity contribution < 1.29 is 9.15 Å². The molecule has 0 unspecified atom stereocenters. The van der Waals surface area contributed by atoms with Crippen LogP contribution in [-0.2, 0) is 13.7 Å². The topological polar surface area (TPSA) is 57.3 Å². The van der Waals surface area contributed by atoms with Crippen molar-refractivity contribution in [2.75, 3.05) is 0 Å². The average molecular weight is 241 g/mol. The molecule has 2 aromatic rings. The number of ether oxygens (including phenoxy) is 1. The van der Waals surface area contributed by atoms with Crippen LogP contribution >= 0.6 is 11.6 Å². The second-order valence-electron chi connectivity index (χ2n) is 3.13. The van der Waals surface area contributed by atoms with Gasteiger partial charge in [0, 0.05) is 12.1 Å². The van der Waals surface area contributed by atoms with Crippen molar-refractivity contribution in [2.24, 2.45) is 7.05 Å². The second kappa shape index (κ2) is 4.40. The number of hydrogen-bond acceptors (Lipinski definition) is 4. The Morgan fingerprint density at radius 1 is 1.44 bits per heavy atom. The zero-order chi connectivity index (χ0) is 11.5. The minimum Gasteiger partial charge on any atom is -0.484 e. The third-order valence-corrected chi connectivity index (χ3v) is 2.16. The van der Waals surface area contributed by atoms with Gasteiger partial charge in [-0.25, -0.2) is 4.79 Å². The summed E-state index contributed by atoms with van der Waals surface area (Å²) in [7, 11) is 1.51. The molecule has 1 heterocycles. The van der Waals surface area contributed by atoms with E-state index in [9.17, 15) is 4.79 Å². The first kappa shape index (κ1) is 10.8. The van der Waals surface area contributed by atoms with E-state index >= 15 is 0 Å². The first-order valence-electron chi connectivity index (χ1n) is 4.56. The molecule has 0 aliphatic carbocycles. The van der Waals surface area contributed by atoms with Gasteiger partial charge in [0.25, 0.3) is 5.89 Å². The van der Waals surface area contributed by atoms with Gasteiger partial charge >= 0.3 is 5.76 Å². The zero-order valence-electron chi connectivity index (χ0n) is 8.51. The van der Waals surface area contributed by atoms with Crippen molar-refractivity contribution in [1.82, 2.24) is 9.78 Å². The molecule has 0 N–H and O–H groups in total. The van der Waals surface area contributed by atoms with E-state index < -0.39 is 5.76 Å². The van der Waals surface area contributed by atoms with E-state index in [1.54, 1.807) is 24.3 Å². The van der Waals surface area contributed by atoms with Crippen LogP contribution in [0.15, 0.2) is 33.5 Å². The number of aromatic nitrogens is 2. The van der Waals surface area contributed by atoms with Gasteiger partial charge in [0.1, 0.15) is 5.75 Å². The van der Waals surface area contributed by atoms with Crippen LogP contribution in [0.25, 0.3) is 0 Å². The SMILES string of the molecule is Cn1nc(COc2ccc(Cl)cc2)oc1=O. The van der Waals surface area contributed by atoms with E-state index in [2.05, 4.69) is 5.10 Å². The van der Waals surface area contributed by atoms with Crippen LogP contribution in [0.3, 0.4) is 0 Å². The molecule has 0 saturated carbocycles. The van der Waals surface area contributed by atoms with Crippen molar-refractivity contribution in [3.63, 3.8) is 0 Å². The third kappa shape index (κ3) is 2.43. The molecule has 0 fully saturated rings. The van der Waals surface area contributed by atoms with E-state index in [4.69, 9.17) is 20.8 Å². The maximum Gasteiger partial charge on any atom is 0.436 e. The molecule has 1 aromatic carbocycles. The molecule has 0 saturated heterocycles. The summed E-state index contributed by atoms with van der Waals surface area (Å²) in [6.45, 7) is 0.109. The van der Waals surface area contributed by atoms with Crippen molar-refractivity contribution in [3.8, 4) is 5.75 Å². The monoisotopic (exact) mass is 240 g/mol. The van der Waals surface area contributed by atoms with Crippen LogP contribution in [0.4, 0.5) is 0 Å². The van der Waals surface area contributed by atoms with Gasteiger partial charge < -0.3 is 9.15 Å². The van der Waals surface area contributed by atoms with E-state index in [0.717, 1.165) is 4.68 Å². The van der Waals surface area contributed by atoms with E-state index in [1.165, 1.54) is 7.05 Å². The van der Waals surface area contributed by atoms with Crippen LogP contribution in [-0.4, -0.2) is 9.78 Å². The first-order valence-corrected chi connectivity index (χ1v) is 4.94. The molecular weight excluding hydrogens is 232 g/mol. The summed E-state index contributed by atoms with van der Waals surface area (Å²) in [5.74, 6) is 0.370. The van der Waals surface area contributed by atoms with E-state index in [0.29, 0.717) is 10.8 Å².